The van der Waals surface area contributed by atoms with Gasteiger partial charge in [-0.3, -0.25) is 4.79 Å². The summed E-state index contributed by atoms with van der Waals surface area (Å²) in [6, 6.07) is 6.40. The summed E-state index contributed by atoms with van der Waals surface area (Å²) in [6.07, 6.45) is 2.44. The van der Waals surface area contributed by atoms with E-state index in [1.54, 1.807) is 38.2 Å². The molecule has 0 aliphatic rings. The summed E-state index contributed by atoms with van der Waals surface area (Å²) in [5.74, 6) is -1.25. The van der Waals surface area contributed by atoms with E-state index in [9.17, 15) is 9.59 Å². The Kier molecular flexibility index (Phi) is 5.26. The number of likely N-dealkylation sites (N-methyl/N-ethyl adjacent to an activating group) is 1. The Labute approximate surface area is 111 Å². The summed E-state index contributed by atoms with van der Waals surface area (Å²) in [4.78, 5) is 24.0. The first-order valence-electron chi connectivity index (χ1n) is 5.84. The first kappa shape index (κ1) is 14.9. The highest BCUT2D eigenvalue weighted by molar-refractivity contribution is 5.95. The maximum absolute atomic E-state index is 12.1. The van der Waals surface area contributed by atoms with Gasteiger partial charge < -0.3 is 15.1 Å². The van der Waals surface area contributed by atoms with Gasteiger partial charge in [-0.1, -0.05) is 12.1 Å². The van der Waals surface area contributed by atoms with Gasteiger partial charge in [0.15, 0.2) is 0 Å². The van der Waals surface area contributed by atoms with Crippen LogP contribution >= 0.6 is 0 Å². The fourth-order valence-electron chi connectivity index (χ4n) is 1.47. The zero-order chi connectivity index (χ0) is 14.4. The Morgan fingerprint density at radius 3 is 2.68 bits per heavy atom. The highest BCUT2D eigenvalue weighted by atomic mass is 16.4. The van der Waals surface area contributed by atoms with E-state index in [0.29, 0.717) is 11.1 Å². The Morgan fingerprint density at radius 1 is 1.42 bits per heavy atom. The fraction of sp³-hybridized carbons (Fsp3) is 0.286. The quantitative estimate of drug-likeness (QED) is 0.783. The highest BCUT2D eigenvalue weighted by Crippen LogP contribution is 2.11. The van der Waals surface area contributed by atoms with Crippen LogP contribution < -0.4 is 0 Å². The molecule has 1 aromatic rings. The number of amides is 1. The number of nitrogens with zero attached hydrogens (tertiary/aromatic N) is 1. The van der Waals surface area contributed by atoms with Crippen LogP contribution in [0.4, 0.5) is 0 Å². The highest BCUT2D eigenvalue weighted by Gasteiger charge is 2.16. The smallest absolute Gasteiger partial charge is 0.328 e. The van der Waals surface area contributed by atoms with Crippen LogP contribution in [0.3, 0.4) is 0 Å². The third-order valence-corrected chi connectivity index (χ3v) is 2.80. The molecule has 0 bridgehead atoms. The normalized spacial score (nSPS) is 12.4. The molecule has 19 heavy (non-hydrogen) atoms. The predicted octanol–water partition coefficient (Wildman–Crippen LogP) is 1.24. The van der Waals surface area contributed by atoms with Gasteiger partial charge in [0, 0.05) is 18.7 Å². The molecular formula is C14H17NO4. The molecule has 0 aromatic heterocycles. The van der Waals surface area contributed by atoms with Crippen molar-refractivity contribution >= 4 is 18.0 Å². The molecule has 0 saturated heterocycles. The molecule has 5 nitrogen and oxygen atoms in total. The topological polar surface area (TPSA) is 77.8 Å². The van der Waals surface area contributed by atoms with Crippen LogP contribution in [0.5, 0.6) is 0 Å². The summed E-state index contributed by atoms with van der Waals surface area (Å²) >= 11 is 0. The third kappa shape index (κ3) is 4.22. The molecule has 2 N–H and O–H groups in total. The maximum atomic E-state index is 12.1. The van der Waals surface area contributed by atoms with E-state index in [4.69, 9.17) is 10.2 Å². The Hall–Kier alpha value is -2.14. The van der Waals surface area contributed by atoms with Crippen molar-refractivity contribution in [3.05, 3.63) is 41.5 Å². The molecule has 5 heteroatoms. The molecule has 0 saturated carbocycles. The SMILES string of the molecule is CC(CO)N(C)C(=O)c1cccc(/C=C/C(=O)O)c1. The number of carbonyl (C=O) groups is 2. The van der Waals surface area contributed by atoms with Crippen LogP contribution in [0.1, 0.15) is 22.8 Å². The van der Waals surface area contributed by atoms with Gasteiger partial charge >= 0.3 is 5.97 Å². The van der Waals surface area contributed by atoms with Gasteiger partial charge in [-0.2, -0.15) is 0 Å². The number of carboxylic acids is 1. The second kappa shape index (κ2) is 6.70. The number of hydrogen-bond acceptors (Lipinski definition) is 3. The van der Waals surface area contributed by atoms with Crippen molar-refractivity contribution in [3.63, 3.8) is 0 Å². The van der Waals surface area contributed by atoms with E-state index in [1.807, 2.05) is 0 Å². The molecule has 102 valence electrons. The molecule has 1 amide bonds. The molecule has 1 atom stereocenters. The van der Waals surface area contributed by atoms with Crippen molar-refractivity contribution in [2.75, 3.05) is 13.7 Å². The zero-order valence-electron chi connectivity index (χ0n) is 10.9. The molecule has 0 aliphatic heterocycles. The number of hydrogen-bond donors (Lipinski definition) is 2. The van der Waals surface area contributed by atoms with Crippen molar-refractivity contribution in [2.24, 2.45) is 0 Å². The van der Waals surface area contributed by atoms with E-state index in [-0.39, 0.29) is 18.6 Å². The minimum Gasteiger partial charge on any atom is -0.478 e. The molecule has 1 unspecified atom stereocenters. The lowest BCUT2D eigenvalue weighted by Gasteiger charge is -2.23. The van der Waals surface area contributed by atoms with Crippen LogP contribution in [0.15, 0.2) is 30.3 Å². The summed E-state index contributed by atoms with van der Waals surface area (Å²) in [7, 11) is 1.61. The minimum atomic E-state index is -1.04. The molecule has 0 aliphatic carbocycles. The molecule has 0 spiro atoms. The van der Waals surface area contributed by atoms with E-state index in [2.05, 4.69) is 0 Å². The molecule has 1 aromatic carbocycles. The van der Waals surface area contributed by atoms with Gasteiger partial charge in [0.1, 0.15) is 0 Å². The predicted molar refractivity (Wildman–Crippen MR) is 71.8 cm³/mol. The summed E-state index contributed by atoms with van der Waals surface area (Å²) < 4.78 is 0. The van der Waals surface area contributed by atoms with Crippen molar-refractivity contribution in [2.45, 2.75) is 13.0 Å². The van der Waals surface area contributed by atoms with Gasteiger partial charge in [0.05, 0.1) is 12.6 Å². The second-order valence-corrected chi connectivity index (χ2v) is 4.24. The molecule has 0 fully saturated rings. The lowest BCUT2D eigenvalue weighted by molar-refractivity contribution is -0.131. The molecule has 0 heterocycles. The lowest BCUT2D eigenvalue weighted by atomic mass is 10.1. The second-order valence-electron chi connectivity index (χ2n) is 4.24. The van der Waals surface area contributed by atoms with Gasteiger partial charge in [-0.25, -0.2) is 4.79 Å². The Balaban J connectivity index is 2.93. The summed E-state index contributed by atoms with van der Waals surface area (Å²) in [6.45, 7) is 1.63. The van der Waals surface area contributed by atoms with Crippen LogP contribution in [0.2, 0.25) is 0 Å². The van der Waals surface area contributed by atoms with Crippen LogP contribution in [-0.4, -0.2) is 46.7 Å². The van der Waals surface area contributed by atoms with E-state index < -0.39 is 5.97 Å². The van der Waals surface area contributed by atoms with Crippen molar-refractivity contribution < 1.29 is 19.8 Å². The number of carbonyl (C=O) groups excluding carboxylic acids is 1. The monoisotopic (exact) mass is 263 g/mol. The summed E-state index contributed by atoms with van der Waals surface area (Å²) in [5, 5.41) is 17.6. The Morgan fingerprint density at radius 2 is 2.11 bits per heavy atom. The zero-order valence-corrected chi connectivity index (χ0v) is 10.9. The van der Waals surface area contributed by atoms with Crippen LogP contribution in [0.25, 0.3) is 6.08 Å². The van der Waals surface area contributed by atoms with Crippen LogP contribution in [0, 0.1) is 0 Å². The minimum absolute atomic E-state index is 0.110. The van der Waals surface area contributed by atoms with Gasteiger partial charge in [-0.15, -0.1) is 0 Å². The molecule has 0 radical (unpaired) electrons. The number of carboxylic acid groups (broad SMARTS) is 1. The average molecular weight is 263 g/mol. The average Bonchev–Trinajstić information content (AvgIpc) is 2.42. The molecule has 1 rings (SSSR count). The van der Waals surface area contributed by atoms with E-state index >= 15 is 0 Å². The third-order valence-electron chi connectivity index (χ3n) is 2.80. The van der Waals surface area contributed by atoms with Gasteiger partial charge in [0.2, 0.25) is 0 Å². The largest absolute Gasteiger partial charge is 0.478 e. The van der Waals surface area contributed by atoms with E-state index in [0.717, 1.165) is 6.08 Å². The standard InChI is InChI=1S/C14H17NO4/c1-10(9-16)15(2)14(19)12-5-3-4-11(8-12)6-7-13(17)18/h3-8,10,16H,9H2,1-2H3,(H,17,18)/b7-6+. The molecular weight excluding hydrogens is 246 g/mol. The van der Waals surface area contributed by atoms with Gasteiger partial charge in [-0.05, 0) is 30.7 Å². The maximum Gasteiger partial charge on any atom is 0.328 e. The van der Waals surface area contributed by atoms with Crippen molar-refractivity contribution in [3.8, 4) is 0 Å². The number of aliphatic carboxylic acids is 1. The first-order chi connectivity index (χ1) is 8.95. The van der Waals surface area contributed by atoms with Crippen molar-refractivity contribution in [1.82, 2.24) is 4.90 Å². The summed E-state index contributed by atoms with van der Waals surface area (Å²) in [5.41, 5.74) is 1.09. The number of aliphatic hydroxyl groups is 1. The Bertz CT molecular complexity index is 496. The first-order valence-corrected chi connectivity index (χ1v) is 5.84. The number of aliphatic hydroxyl groups excluding tert-OH is 1. The van der Waals surface area contributed by atoms with Gasteiger partial charge in [0.25, 0.3) is 5.91 Å². The van der Waals surface area contributed by atoms with E-state index in [1.165, 1.54) is 11.0 Å². The van der Waals surface area contributed by atoms with Crippen molar-refractivity contribution in [1.29, 1.82) is 0 Å². The number of rotatable bonds is 5. The lowest BCUT2D eigenvalue weighted by Crippen LogP contribution is -2.37. The number of benzene rings is 1. The fourth-order valence-corrected chi connectivity index (χ4v) is 1.47. The van der Waals surface area contributed by atoms with Crippen LogP contribution in [-0.2, 0) is 4.79 Å².